The first-order chi connectivity index (χ1) is 31.9. The van der Waals surface area contributed by atoms with Crippen LogP contribution in [0.1, 0.15) is 25.0 Å². The molecule has 0 saturated carbocycles. The lowest BCUT2D eigenvalue weighted by Gasteiger charge is -2.22. The van der Waals surface area contributed by atoms with Crippen molar-refractivity contribution in [3.63, 3.8) is 0 Å². The van der Waals surface area contributed by atoms with Crippen molar-refractivity contribution in [3.8, 4) is 55.6 Å². The molecule has 0 aliphatic heterocycles. The fourth-order valence-electron chi connectivity index (χ4n) is 11.2. The van der Waals surface area contributed by atoms with Crippen LogP contribution in [-0.4, -0.2) is 0 Å². The molecule has 65 heavy (non-hydrogen) atoms. The van der Waals surface area contributed by atoms with E-state index in [9.17, 15) is 0 Å². The molecule has 2 nitrogen and oxygen atoms in total. The molecular formula is C63H40O2. The van der Waals surface area contributed by atoms with Gasteiger partial charge in [-0.1, -0.05) is 159 Å². The molecule has 0 N–H and O–H groups in total. The Morgan fingerprint density at radius 1 is 0.262 bits per heavy atom. The largest absolute Gasteiger partial charge is 0.452 e. The van der Waals surface area contributed by atoms with E-state index in [1.54, 1.807) is 0 Å². The van der Waals surface area contributed by atoms with E-state index in [1.165, 1.54) is 88.0 Å². The van der Waals surface area contributed by atoms with Crippen molar-refractivity contribution >= 4 is 76.2 Å². The maximum Gasteiger partial charge on any atom is 0.178 e. The summed E-state index contributed by atoms with van der Waals surface area (Å²) in [6.07, 6.45) is 0. The minimum absolute atomic E-state index is 0.0533. The lowest BCUT2D eigenvalue weighted by atomic mass is 9.81. The Bertz CT molecular complexity index is 4120. The molecule has 0 amide bonds. The molecule has 14 rings (SSSR count). The standard InChI is InChI=1S/C63H40O2/c1-63(2)57-20-8-7-19-50(57)51-26-22-44(36-58(51)63)43-24-30-60-56(35-43)53-28-27-52-55-34-42(23-29-59(55)64-61(52)62(53)65-60)40-14-10-12-38(32-40)37-11-9-13-39(31-37)41-21-25-49-47-17-4-3-15-45(47)46-16-5-6-18-48(46)54(49)33-41/h3-36H,1-2H3. The maximum absolute atomic E-state index is 6.63. The number of hydrogen-bond acceptors (Lipinski definition) is 2. The van der Waals surface area contributed by atoms with Gasteiger partial charge in [0.1, 0.15) is 11.2 Å². The molecule has 0 saturated heterocycles. The Kier molecular flexibility index (Phi) is 7.49. The number of fused-ring (bicyclic) bond motifs is 16. The second-order valence-electron chi connectivity index (χ2n) is 18.4. The van der Waals surface area contributed by atoms with E-state index in [0.29, 0.717) is 0 Å². The zero-order valence-electron chi connectivity index (χ0n) is 35.9. The number of hydrogen-bond donors (Lipinski definition) is 0. The van der Waals surface area contributed by atoms with Crippen LogP contribution in [0, 0.1) is 0 Å². The summed E-state index contributed by atoms with van der Waals surface area (Å²) in [7, 11) is 0. The van der Waals surface area contributed by atoms with Crippen molar-refractivity contribution in [2.75, 3.05) is 0 Å². The fourth-order valence-corrected chi connectivity index (χ4v) is 11.2. The average molecular weight is 829 g/mol. The first-order valence-corrected chi connectivity index (χ1v) is 22.6. The van der Waals surface area contributed by atoms with Gasteiger partial charge in [0.2, 0.25) is 0 Å². The molecule has 0 fully saturated rings. The fraction of sp³-hybridized carbons (Fsp3) is 0.0476. The van der Waals surface area contributed by atoms with Crippen molar-refractivity contribution in [2.45, 2.75) is 19.3 Å². The lowest BCUT2D eigenvalue weighted by Crippen LogP contribution is -2.14. The van der Waals surface area contributed by atoms with E-state index >= 15 is 0 Å². The average Bonchev–Trinajstić information content (AvgIpc) is 4.01. The van der Waals surface area contributed by atoms with Crippen LogP contribution in [0.15, 0.2) is 215 Å². The highest BCUT2D eigenvalue weighted by molar-refractivity contribution is 6.26. The van der Waals surface area contributed by atoms with Crippen molar-refractivity contribution < 1.29 is 8.83 Å². The minimum atomic E-state index is -0.0533. The molecule has 2 aromatic heterocycles. The highest BCUT2D eigenvalue weighted by Gasteiger charge is 2.35. The predicted octanol–water partition coefficient (Wildman–Crippen LogP) is 17.9. The number of rotatable bonds is 4. The maximum atomic E-state index is 6.63. The topological polar surface area (TPSA) is 26.3 Å². The third kappa shape index (κ3) is 5.35. The minimum Gasteiger partial charge on any atom is -0.452 e. The molecule has 0 spiro atoms. The smallest absolute Gasteiger partial charge is 0.178 e. The first-order valence-electron chi connectivity index (χ1n) is 22.6. The van der Waals surface area contributed by atoms with Crippen LogP contribution in [0.25, 0.3) is 132 Å². The zero-order chi connectivity index (χ0) is 43.0. The Morgan fingerprint density at radius 3 is 1.20 bits per heavy atom. The zero-order valence-corrected chi connectivity index (χ0v) is 35.9. The highest BCUT2D eigenvalue weighted by Crippen LogP contribution is 2.50. The molecule has 0 unspecified atom stereocenters. The van der Waals surface area contributed by atoms with Crippen molar-refractivity contribution in [2.24, 2.45) is 0 Å². The van der Waals surface area contributed by atoms with Crippen molar-refractivity contribution in [1.29, 1.82) is 0 Å². The summed E-state index contributed by atoms with van der Waals surface area (Å²) in [6.45, 7) is 4.67. The second-order valence-corrected chi connectivity index (χ2v) is 18.4. The third-order valence-electron chi connectivity index (χ3n) is 14.5. The molecule has 1 aliphatic carbocycles. The first kappa shape index (κ1) is 36.3. The second kappa shape index (κ2) is 13.4. The predicted molar refractivity (Wildman–Crippen MR) is 273 cm³/mol. The third-order valence-corrected chi connectivity index (χ3v) is 14.5. The van der Waals surface area contributed by atoms with E-state index < -0.39 is 0 Å². The van der Waals surface area contributed by atoms with Gasteiger partial charge in [-0.3, -0.25) is 0 Å². The molecule has 2 heteroatoms. The van der Waals surface area contributed by atoms with E-state index in [-0.39, 0.29) is 5.41 Å². The molecule has 11 aromatic carbocycles. The van der Waals surface area contributed by atoms with Crippen LogP contribution < -0.4 is 0 Å². The Hall–Kier alpha value is -8.20. The van der Waals surface area contributed by atoms with Gasteiger partial charge in [-0.25, -0.2) is 0 Å². The summed E-state index contributed by atoms with van der Waals surface area (Å²) in [6, 6.07) is 75.6. The summed E-state index contributed by atoms with van der Waals surface area (Å²) in [5.74, 6) is 0. The van der Waals surface area contributed by atoms with E-state index in [4.69, 9.17) is 8.83 Å². The summed E-state index contributed by atoms with van der Waals surface area (Å²) in [5.41, 5.74) is 18.1. The quantitative estimate of drug-likeness (QED) is 0.165. The summed E-state index contributed by atoms with van der Waals surface area (Å²) in [5, 5.41) is 12.0. The molecule has 1 aliphatic rings. The van der Waals surface area contributed by atoms with Crippen LogP contribution in [0.4, 0.5) is 0 Å². The molecule has 0 radical (unpaired) electrons. The van der Waals surface area contributed by atoms with Gasteiger partial charge in [0, 0.05) is 27.0 Å². The summed E-state index contributed by atoms with van der Waals surface area (Å²) in [4.78, 5) is 0. The molecule has 13 aromatic rings. The number of benzene rings is 11. The highest BCUT2D eigenvalue weighted by atomic mass is 16.4. The van der Waals surface area contributed by atoms with Crippen molar-refractivity contribution in [1.82, 2.24) is 0 Å². The van der Waals surface area contributed by atoms with Gasteiger partial charge in [-0.05, 0) is 160 Å². The molecule has 304 valence electrons. The van der Waals surface area contributed by atoms with Gasteiger partial charge in [0.15, 0.2) is 11.2 Å². The Balaban J connectivity index is 0.808. The molecular weight excluding hydrogens is 789 g/mol. The van der Waals surface area contributed by atoms with Crippen LogP contribution in [-0.2, 0) is 5.41 Å². The normalized spacial score (nSPS) is 13.2. The summed E-state index contributed by atoms with van der Waals surface area (Å²) >= 11 is 0. The lowest BCUT2D eigenvalue weighted by molar-refractivity contribution is 0.633. The van der Waals surface area contributed by atoms with Gasteiger partial charge < -0.3 is 8.83 Å². The van der Waals surface area contributed by atoms with Gasteiger partial charge >= 0.3 is 0 Å². The Morgan fingerprint density at radius 2 is 0.646 bits per heavy atom. The van der Waals surface area contributed by atoms with E-state index in [2.05, 4.69) is 220 Å². The SMILES string of the molecule is CC1(C)c2ccccc2-c2ccc(-c3ccc4oc5c(ccc6c7cc(-c8cccc(-c9cccc(-c%10ccc%11c%12ccccc%12c%12ccccc%12c%11c%10)c9)c8)ccc7oc65)c4c3)cc21. The van der Waals surface area contributed by atoms with E-state index in [0.717, 1.165) is 55.0 Å². The molecule has 0 bridgehead atoms. The van der Waals surface area contributed by atoms with Crippen LogP contribution >= 0.6 is 0 Å². The molecule has 0 atom stereocenters. The van der Waals surface area contributed by atoms with Gasteiger partial charge in [0.05, 0.1) is 0 Å². The van der Waals surface area contributed by atoms with Crippen LogP contribution in [0.3, 0.4) is 0 Å². The Labute approximate surface area is 375 Å². The monoisotopic (exact) mass is 828 g/mol. The molecule has 2 heterocycles. The van der Waals surface area contributed by atoms with Crippen LogP contribution in [0.2, 0.25) is 0 Å². The summed E-state index contributed by atoms with van der Waals surface area (Å²) < 4.78 is 13.3. The van der Waals surface area contributed by atoms with Gasteiger partial charge in [-0.15, -0.1) is 0 Å². The van der Waals surface area contributed by atoms with E-state index in [1.807, 2.05) is 0 Å². The van der Waals surface area contributed by atoms with Crippen molar-refractivity contribution in [3.05, 3.63) is 217 Å². The van der Waals surface area contributed by atoms with Gasteiger partial charge in [-0.2, -0.15) is 0 Å². The number of furan rings is 2. The van der Waals surface area contributed by atoms with Gasteiger partial charge in [0.25, 0.3) is 0 Å². The van der Waals surface area contributed by atoms with Crippen LogP contribution in [0.5, 0.6) is 0 Å².